The van der Waals surface area contributed by atoms with Crippen LogP contribution in [-0.4, -0.2) is 14.8 Å². The first-order valence-electron chi connectivity index (χ1n) is 5.71. The van der Waals surface area contributed by atoms with Gasteiger partial charge in [0, 0.05) is 12.4 Å². The second-order valence-corrected chi connectivity index (χ2v) is 4.19. The van der Waals surface area contributed by atoms with Crippen LogP contribution in [-0.2, 0) is 0 Å². The number of aromatic nitrogens is 3. The maximum atomic E-state index is 6.26. The minimum atomic E-state index is 0.426. The highest BCUT2D eigenvalue weighted by atomic mass is 35.5. The molecule has 0 saturated carbocycles. The zero-order chi connectivity index (χ0) is 13.1. The average Bonchev–Trinajstić information content (AvgIpc) is 2.82. The van der Waals surface area contributed by atoms with E-state index in [4.69, 9.17) is 16.3 Å². The van der Waals surface area contributed by atoms with Crippen LogP contribution in [0.4, 0.5) is 0 Å². The minimum Gasteiger partial charge on any atom is -0.452 e. The van der Waals surface area contributed by atoms with Gasteiger partial charge < -0.3 is 4.74 Å². The summed E-state index contributed by atoms with van der Waals surface area (Å²) in [6, 6.07) is 13.1. The van der Waals surface area contributed by atoms with Crippen molar-refractivity contribution in [1.29, 1.82) is 0 Å². The Morgan fingerprint density at radius 3 is 2.47 bits per heavy atom. The van der Waals surface area contributed by atoms with Crippen molar-refractivity contribution in [3.8, 4) is 17.2 Å². The molecule has 0 atom stereocenters. The van der Waals surface area contributed by atoms with E-state index >= 15 is 0 Å². The van der Waals surface area contributed by atoms with E-state index < -0.39 is 0 Å². The van der Waals surface area contributed by atoms with Gasteiger partial charge in [-0.25, -0.2) is 4.68 Å². The number of ether oxygens (including phenoxy) is 1. The van der Waals surface area contributed by atoms with Gasteiger partial charge >= 0.3 is 0 Å². The van der Waals surface area contributed by atoms with E-state index in [2.05, 4.69) is 10.1 Å². The van der Waals surface area contributed by atoms with Crippen LogP contribution in [0.15, 0.2) is 61.1 Å². The summed E-state index contributed by atoms with van der Waals surface area (Å²) in [4.78, 5) is 3.96. The van der Waals surface area contributed by atoms with E-state index in [1.165, 1.54) is 0 Å². The molecule has 19 heavy (non-hydrogen) atoms. The van der Waals surface area contributed by atoms with Gasteiger partial charge in [-0.1, -0.05) is 29.8 Å². The summed E-state index contributed by atoms with van der Waals surface area (Å²) in [7, 11) is 0. The monoisotopic (exact) mass is 271 g/mol. The van der Waals surface area contributed by atoms with E-state index in [9.17, 15) is 0 Å². The van der Waals surface area contributed by atoms with Crippen LogP contribution in [0.5, 0.6) is 11.5 Å². The topological polar surface area (TPSA) is 39.9 Å². The molecule has 0 aliphatic rings. The Balaban J connectivity index is 1.92. The second kappa shape index (κ2) is 5.12. The molecule has 1 aromatic carbocycles. The number of nitrogens with zero attached hydrogens (tertiary/aromatic N) is 3. The smallest absolute Gasteiger partial charge is 0.184 e. The van der Waals surface area contributed by atoms with Crippen molar-refractivity contribution in [3.05, 3.63) is 66.2 Å². The molecule has 0 aliphatic carbocycles. The third-order valence-electron chi connectivity index (χ3n) is 2.56. The van der Waals surface area contributed by atoms with Crippen LogP contribution in [0.25, 0.3) is 5.69 Å². The van der Waals surface area contributed by atoms with E-state index in [0.29, 0.717) is 10.9 Å². The Bertz CT molecular complexity index is 668. The molecule has 0 N–H and O–H groups in total. The maximum absolute atomic E-state index is 6.26. The number of rotatable bonds is 3. The van der Waals surface area contributed by atoms with Gasteiger partial charge in [-0.05, 0) is 24.3 Å². The van der Waals surface area contributed by atoms with Crippen LogP contribution in [0.1, 0.15) is 0 Å². The Morgan fingerprint density at radius 2 is 1.74 bits per heavy atom. The lowest BCUT2D eigenvalue weighted by molar-refractivity contribution is 0.483. The summed E-state index contributed by atoms with van der Waals surface area (Å²) in [5.41, 5.74) is 0.836. The lowest BCUT2D eigenvalue weighted by Crippen LogP contribution is -1.95. The first-order chi connectivity index (χ1) is 9.34. The number of benzene rings is 1. The lowest BCUT2D eigenvalue weighted by Gasteiger charge is -2.04. The fraction of sp³-hybridized carbons (Fsp3) is 0. The Hall–Kier alpha value is -2.33. The standard InChI is InChI=1S/C14H10ClN3O/c15-14-13(19-12-4-2-1-3-5-12)10-17-18(14)11-6-8-16-9-7-11/h1-10H. The zero-order valence-corrected chi connectivity index (χ0v) is 10.7. The quantitative estimate of drug-likeness (QED) is 0.729. The molecule has 0 radical (unpaired) electrons. The molecule has 3 rings (SSSR count). The molecule has 0 bridgehead atoms. The van der Waals surface area contributed by atoms with E-state index in [0.717, 1.165) is 11.4 Å². The van der Waals surface area contributed by atoms with Crippen molar-refractivity contribution in [2.45, 2.75) is 0 Å². The highest BCUT2D eigenvalue weighted by Crippen LogP contribution is 2.30. The fourth-order valence-electron chi connectivity index (χ4n) is 1.67. The van der Waals surface area contributed by atoms with Crippen molar-refractivity contribution in [2.24, 2.45) is 0 Å². The predicted molar refractivity (Wildman–Crippen MR) is 72.9 cm³/mol. The van der Waals surface area contributed by atoms with Crippen molar-refractivity contribution < 1.29 is 4.74 Å². The van der Waals surface area contributed by atoms with Crippen LogP contribution in [0.3, 0.4) is 0 Å². The molecule has 0 amide bonds. The van der Waals surface area contributed by atoms with E-state index in [1.807, 2.05) is 42.5 Å². The van der Waals surface area contributed by atoms with Crippen molar-refractivity contribution >= 4 is 11.6 Å². The molecule has 0 unspecified atom stereocenters. The summed E-state index contributed by atoms with van der Waals surface area (Å²) in [6.07, 6.45) is 4.96. The van der Waals surface area contributed by atoms with Gasteiger partial charge in [0.15, 0.2) is 10.9 Å². The van der Waals surface area contributed by atoms with Crippen LogP contribution >= 0.6 is 11.6 Å². The highest BCUT2D eigenvalue weighted by molar-refractivity contribution is 6.31. The van der Waals surface area contributed by atoms with Crippen molar-refractivity contribution in [3.63, 3.8) is 0 Å². The summed E-state index contributed by atoms with van der Waals surface area (Å²) in [5.74, 6) is 1.24. The van der Waals surface area contributed by atoms with Crippen molar-refractivity contribution in [2.75, 3.05) is 0 Å². The normalized spacial score (nSPS) is 10.4. The van der Waals surface area contributed by atoms with Gasteiger partial charge in [0.05, 0.1) is 11.9 Å². The molecule has 0 fully saturated rings. The Labute approximate surface area is 115 Å². The molecular formula is C14H10ClN3O. The van der Waals surface area contributed by atoms with Gasteiger partial charge in [0.1, 0.15) is 5.75 Å². The lowest BCUT2D eigenvalue weighted by atomic mass is 10.3. The number of para-hydroxylation sites is 1. The summed E-state index contributed by atoms with van der Waals surface area (Å²) < 4.78 is 7.28. The van der Waals surface area contributed by atoms with Crippen LogP contribution < -0.4 is 4.74 Å². The number of hydrogen-bond acceptors (Lipinski definition) is 3. The molecule has 2 heterocycles. The minimum absolute atomic E-state index is 0.426. The van der Waals surface area contributed by atoms with Crippen LogP contribution in [0.2, 0.25) is 5.15 Å². The third-order valence-corrected chi connectivity index (χ3v) is 2.90. The molecule has 0 saturated heterocycles. The fourth-order valence-corrected chi connectivity index (χ4v) is 1.90. The average molecular weight is 272 g/mol. The van der Waals surface area contributed by atoms with Gasteiger partial charge in [-0.15, -0.1) is 0 Å². The molecule has 4 nitrogen and oxygen atoms in total. The third kappa shape index (κ3) is 2.44. The molecule has 0 aliphatic heterocycles. The van der Waals surface area contributed by atoms with Gasteiger partial charge in [-0.3, -0.25) is 4.98 Å². The van der Waals surface area contributed by atoms with E-state index in [1.54, 1.807) is 23.3 Å². The maximum Gasteiger partial charge on any atom is 0.184 e. The number of halogens is 1. The largest absolute Gasteiger partial charge is 0.452 e. The highest BCUT2D eigenvalue weighted by Gasteiger charge is 2.11. The molecule has 0 spiro atoms. The number of pyridine rings is 1. The summed E-state index contributed by atoms with van der Waals surface area (Å²) in [5, 5.41) is 4.64. The molecule has 2 aromatic heterocycles. The molecule has 94 valence electrons. The number of hydrogen-bond donors (Lipinski definition) is 0. The summed E-state index contributed by atoms with van der Waals surface area (Å²) in [6.45, 7) is 0. The first-order valence-corrected chi connectivity index (χ1v) is 6.09. The Kier molecular flexibility index (Phi) is 3.16. The van der Waals surface area contributed by atoms with Crippen LogP contribution in [0, 0.1) is 0 Å². The zero-order valence-electron chi connectivity index (χ0n) is 9.90. The molecular weight excluding hydrogens is 262 g/mol. The van der Waals surface area contributed by atoms with Gasteiger partial charge in [-0.2, -0.15) is 5.10 Å². The van der Waals surface area contributed by atoms with E-state index in [-0.39, 0.29) is 0 Å². The molecule has 5 heteroatoms. The predicted octanol–water partition coefficient (Wildman–Crippen LogP) is 3.71. The second-order valence-electron chi connectivity index (χ2n) is 3.83. The Morgan fingerprint density at radius 1 is 1.00 bits per heavy atom. The molecule has 3 aromatic rings. The van der Waals surface area contributed by atoms with Gasteiger partial charge in [0.25, 0.3) is 0 Å². The first kappa shape index (κ1) is 11.7. The van der Waals surface area contributed by atoms with Crippen molar-refractivity contribution in [1.82, 2.24) is 14.8 Å². The summed E-state index contributed by atoms with van der Waals surface area (Å²) >= 11 is 6.26. The SMILES string of the molecule is Clc1c(Oc2ccccc2)cnn1-c1ccncc1. The van der Waals surface area contributed by atoms with Gasteiger partial charge in [0.2, 0.25) is 0 Å².